The summed E-state index contributed by atoms with van der Waals surface area (Å²) in [5.41, 5.74) is 8.33. The highest BCUT2D eigenvalue weighted by atomic mass is 16.5. The van der Waals surface area contributed by atoms with Crippen molar-refractivity contribution in [1.29, 1.82) is 0 Å². The number of hydrogen-bond donors (Lipinski definition) is 2. The Morgan fingerprint density at radius 1 is 1.09 bits per heavy atom. The van der Waals surface area contributed by atoms with E-state index >= 15 is 0 Å². The van der Waals surface area contributed by atoms with Gasteiger partial charge in [-0.05, 0) is 54.8 Å². The molecule has 0 saturated heterocycles. The molecule has 0 aliphatic heterocycles. The van der Waals surface area contributed by atoms with E-state index in [1.54, 1.807) is 24.3 Å². The number of rotatable bonds is 7. The van der Waals surface area contributed by atoms with Crippen LogP contribution in [0.25, 0.3) is 0 Å². The lowest BCUT2D eigenvalue weighted by atomic mass is 10.1. The van der Waals surface area contributed by atoms with Gasteiger partial charge >= 0.3 is 0 Å². The molecule has 22 heavy (non-hydrogen) atoms. The molecule has 4 nitrogen and oxygen atoms in total. The van der Waals surface area contributed by atoms with Crippen LogP contribution in [0.5, 0.6) is 5.75 Å². The Labute approximate surface area is 131 Å². The van der Waals surface area contributed by atoms with Gasteiger partial charge < -0.3 is 15.8 Å². The highest BCUT2D eigenvalue weighted by molar-refractivity contribution is 5.91. The molecule has 0 bridgehead atoms. The fraction of sp³-hybridized carbons (Fsp3) is 0.278. The number of aryl methyl sites for hydroxylation is 1. The van der Waals surface area contributed by atoms with Crippen molar-refractivity contribution in [3.8, 4) is 5.75 Å². The van der Waals surface area contributed by atoms with Gasteiger partial charge in [0.2, 0.25) is 0 Å². The Balaban J connectivity index is 1.80. The molecule has 4 heteroatoms. The Bertz CT molecular complexity index is 591. The third-order valence-corrected chi connectivity index (χ3v) is 3.31. The standard InChI is InChI=1S/C18H22N2O2/c1-2-3-4-14-5-9-16(10-6-14)20-18(21)13-22-17-11-7-15(19)8-12-17/h5-12H,2-4,13,19H2,1H3,(H,20,21). The fourth-order valence-electron chi connectivity index (χ4n) is 2.05. The number of benzene rings is 2. The van der Waals surface area contributed by atoms with Crippen molar-refractivity contribution < 1.29 is 9.53 Å². The second kappa shape index (κ2) is 8.08. The molecular formula is C18H22N2O2. The van der Waals surface area contributed by atoms with Crippen LogP contribution in [-0.4, -0.2) is 12.5 Å². The van der Waals surface area contributed by atoms with E-state index in [4.69, 9.17) is 10.5 Å². The van der Waals surface area contributed by atoms with Gasteiger partial charge in [0.15, 0.2) is 6.61 Å². The van der Waals surface area contributed by atoms with Crippen LogP contribution in [0, 0.1) is 0 Å². The smallest absolute Gasteiger partial charge is 0.262 e. The van der Waals surface area contributed by atoms with Gasteiger partial charge in [0.25, 0.3) is 5.91 Å². The first-order chi connectivity index (χ1) is 10.7. The lowest BCUT2D eigenvalue weighted by Crippen LogP contribution is -2.20. The van der Waals surface area contributed by atoms with Crippen LogP contribution in [0.1, 0.15) is 25.3 Å². The molecule has 3 N–H and O–H groups in total. The van der Waals surface area contributed by atoms with Crippen molar-refractivity contribution in [1.82, 2.24) is 0 Å². The SMILES string of the molecule is CCCCc1ccc(NC(=O)COc2ccc(N)cc2)cc1. The van der Waals surface area contributed by atoms with Gasteiger partial charge in [-0.1, -0.05) is 25.5 Å². The number of amides is 1. The van der Waals surface area contributed by atoms with Gasteiger partial charge in [-0.2, -0.15) is 0 Å². The van der Waals surface area contributed by atoms with E-state index in [1.807, 2.05) is 24.3 Å². The minimum Gasteiger partial charge on any atom is -0.484 e. The zero-order valence-corrected chi connectivity index (χ0v) is 12.8. The fourth-order valence-corrected chi connectivity index (χ4v) is 2.05. The van der Waals surface area contributed by atoms with E-state index in [2.05, 4.69) is 12.2 Å². The van der Waals surface area contributed by atoms with Crippen molar-refractivity contribution in [2.75, 3.05) is 17.7 Å². The summed E-state index contributed by atoms with van der Waals surface area (Å²) in [6.45, 7) is 2.15. The Morgan fingerprint density at radius 3 is 2.41 bits per heavy atom. The first kappa shape index (κ1) is 15.9. The maximum atomic E-state index is 11.8. The molecule has 2 aromatic carbocycles. The number of anilines is 2. The average Bonchev–Trinajstić information content (AvgIpc) is 2.54. The summed E-state index contributed by atoms with van der Waals surface area (Å²) < 4.78 is 5.40. The van der Waals surface area contributed by atoms with Gasteiger partial charge in [-0.3, -0.25) is 4.79 Å². The van der Waals surface area contributed by atoms with Crippen LogP contribution in [-0.2, 0) is 11.2 Å². The van der Waals surface area contributed by atoms with Crippen LogP contribution in [0.15, 0.2) is 48.5 Å². The maximum absolute atomic E-state index is 11.8. The number of nitrogens with two attached hydrogens (primary N) is 1. The van der Waals surface area contributed by atoms with Crippen LogP contribution < -0.4 is 15.8 Å². The van der Waals surface area contributed by atoms with E-state index in [0.29, 0.717) is 11.4 Å². The summed E-state index contributed by atoms with van der Waals surface area (Å²) in [6.07, 6.45) is 3.44. The Hall–Kier alpha value is -2.49. The summed E-state index contributed by atoms with van der Waals surface area (Å²) in [5, 5.41) is 2.82. The van der Waals surface area contributed by atoms with E-state index in [1.165, 1.54) is 18.4 Å². The van der Waals surface area contributed by atoms with Gasteiger partial charge in [-0.15, -0.1) is 0 Å². The molecule has 2 aromatic rings. The van der Waals surface area contributed by atoms with Gasteiger partial charge in [0.05, 0.1) is 0 Å². The first-order valence-corrected chi connectivity index (χ1v) is 7.54. The summed E-state index contributed by atoms with van der Waals surface area (Å²) in [6, 6.07) is 14.9. The molecule has 0 aromatic heterocycles. The number of hydrogen-bond acceptors (Lipinski definition) is 3. The first-order valence-electron chi connectivity index (χ1n) is 7.54. The molecular weight excluding hydrogens is 276 g/mol. The highest BCUT2D eigenvalue weighted by Crippen LogP contribution is 2.14. The third kappa shape index (κ3) is 5.13. The summed E-state index contributed by atoms with van der Waals surface area (Å²) in [7, 11) is 0. The molecule has 2 rings (SSSR count). The van der Waals surface area contributed by atoms with Crippen LogP contribution in [0.3, 0.4) is 0 Å². The number of nitrogens with one attached hydrogen (secondary N) is 1. The van der Waals surface area contributed by atoms with Gasteiger partial charge in [0, 0.05) is 11.4 Å². The van der Waals surface area contributed by atoms with Gasteiger partial charge in [0.1, 0.15) is 5.75 Å². The van der Waals surface area contributed by atoms with Crippen molar-refractivity contribution in [3.63, 3.8) is 0 Å². The lowest BCUT2D eigenvalue weighted by molar-refractivity contribution is -0.118. The molecule has 0 aliphatic carbocycles. The minimum absolute atomic E-state index is 0.0263. The van der Waals surface area contributed by atoms with E-state index < -0.39 is 0 Å². The Morgan fingerprint density at radius 2 is 1.77 bits per heavy atom. The highest BCUT2D eigenvalue weighted by Gasteiger charge is 2.04. The van der Waals surface area contributed by atoms with E-state index in [0.717, 1.165) is 12.1 Å². The van der Waals surface area contributed by atoms with Crippen molar-refractivity contribution in [3.05, 3.63) is 54.1 Å². The Kier molecular flexibility index (Phi) is 5.83. The molecule has 0 saturated carbocycles. The largest absolute Gasteiger partial charge is 0.484 e. The van der Waals surface area contributed by atoms with Crippen LogP contribution in [0.2, 0.25) is 0 Å². The zero-order valence-electron chi connectivity index (χ0n) is 12.8. The monoisotopic (exact) mass is 298 g/mol. The van der Waals surface area contributed by atoms with Gasteiger partial charge in [-0.25, -0.2) is 0 Å². The summed E-state index contributed by atoms with van der Waals surface area (Å²) >= 11 is 0. The molecule has 0 aliphatic rings. The summed E-state index contributed by atoms with van der Waals surface area (Å²) in [5.74, 6) is 0.442. The van der Waals surface area contributed by atoms with Crippen molar-refractivity contribution in [2.24, 2.45) is 0 Å². The topological polar surface area (TPSA) is 64.3 Å². The number of carbonyl (C=O) groups excluding carboxylic acids is 1. The molecule has 116 valence electrons. The zero-order chi connectivity index (χ0) is 15.8. The van der Waals surface area contributed by atoms with Crippen molar-refractivity contribution >= 4 is 17.3 Å². The van der Waals surface area contributed by atoms with Crippen LogP contribution in [0.4, 0.5) is 11.4 Å². The van der Waals surface area contributed by atoms with Crippen molar-refractivity contribution in [2.45, 2.75) is 26.2 Å². The molecule has 0 atom stereocenters. The molecule has 0 radical (unpaired) electrons. The lowest BCUT2D eigenvalue weighted by Gasteiger charge is -2.08. The normalized spacial score (nSPS) is 10.2. The number of ether oxygens (including phenoxy) is 1. The predicted octanol–water partition coefficient (Wildman–Crippen LogP) is 3.63. The minimum atomic E-state index is -0.182. The average molecular weight is 298 g/mol. The molecule has 0 fully saturated rings. The van der Waals surface area contributed by atoms with Crippen LogP contribution >= 0.6 is 0 Å². The third-order valence-electron chi connectivity index (χ3n) is 3.31. The second-order valence-corrected chi connectivity index (χ2v) is 5.21. The number of unbranched alkanes of at least 4 members (excludes halogenated alkanes) is 1. The predicted molar refractivity (Wildman–Crippen MR) is 90.0 cm³/mol. The quantitative estimate of drug-likeness (QED) is 0.767. The maximum Gasteiger partial charge on any atom is 0.262 e. The number of carbonyl (C=O) groups is 1. The molecule has 0 heterocycles. The molecule has 1 amide bonds. The molecule has 0 spiro atoms. The second-order valence-electron chi connectivity index (χ2n) is 5.21. The number of nitrogen functional groups attached to an aromatic ring is 1. The summed E-state index contributed by atoms with van der Waals surface area (Å²) in [4.78, 5) is 11.8. The van der Waals surface area contributed by atoms with E-state index in [9.17, 15) is 4.79 Å². The van der Waals surface area contributed by atoms with E-state index in [-0.39, 0.29) is 12.5 Å². The molecule has 0 unspecified atom stereocenters.